The Kier molecular flexibility index (Phi) is 4.02. The average molecular weight is 307 g/mol. The Balaban J connectivity index is 1.70. The molecule has 0 spiro atoms. The quantitative estimate of drug-likeness (QED) is 0.804. The van der Waals surface area contributed by atoms with Crippen LogP contribution in [0.5, 0.6) is 0 Å². The predicted molar refractivity (Wildman–Crippen MR) is 84.5 cm³/mol. The molecule has 0 radical (unpaired) electrons. The highest BCUT2D eigenvalue weighted by Gasteiger charge is 2.05. The van der Waals surface area contributed by atoms with Crippen molar-refractivity contribution in [2.75, 3.05) is 5.32 Å². The van der Waals surface area contributed by atoms with Crippen molar-refractivity contribution in [3.8, 4) is 11.8 Å². The summed E-state index contributed by atoms with van der Waals surface area (Å²) in [4.78, 5) is 1.51. The number of nitriles is 1. The number of hydrogen-bond donors (Lipinski definition) is 1. The fourth-order valence-corrected chi connectivity index (χ4v) is 2.18. The van der Waals surface area contributed by atoms with E-state index in [-0.39, 0.29) is 5.82 Å². The molecule has 1 N–H and O–H groups in total. The van der Waals surface area contributed by atoms with Gasteiger partial charge in [-0.15, -0.1) is 0 Å². The lowest BCUT2D eigenvalue weighted by Gasteiger charge is -2.07. The van der Waals surface area contributed by atoms with Crippen LogP contribution in [0.4, 0.5) is 10.1 Å². The van der Waals surface area contributed by atoms with Crippen LogP contribution in [-0.2, 0) is 6.54 Å². The largest absolute Gasteiger partial charge is 0.379 e. The summed E-state index contributed by atoms with van der Waals surface area (Å²) in [6.45, 7) is 2.34. The van der Waals surface area contributed by atoms with Crippen LogP contribution in [0.3, 0.4) is 0 Å². The Hall–Kier alpha value is -3.20. The standard InChI is InChI=1S/C17H14FN5/c1-12-8-14(18)4-7-17(12)20-10-15-11-21-23(22-15)16-5-2-13(9-19)3-6-16/h2-8,11,20H,10H2,1H3. The minimum absolute atomic E-state index is 0.250. The van der Waals surface area contributed by atoms with Crippen molar-refractivity contribution in [2.45, 2.75) is 13.5 Å². The van der Waals surface area contributed by atoms with Gasteiger partial charge in [-0.05, 0) is 55.0 Å². The van der Waals surface area contributed by atoms with Gasteiger partial charge in [0.15, 0.2) is 0 Å². The first-order valence-corrected chi connectivity index (χ1v) is 7.07. The van der Waals surface area contributed by atoms with Gasteiger partial charge in [0.25, 0.3) is 0 Å². The summed E-state index contributed by atoms with van der Waals surface area (Å²) >= 11 is 0. The van der Waals surface area contributed by atoms with Crippen LogP contribution >= 0.6 is 0 Å². The minimum Gasteiger partial charge on any atom is -0.379 e. The molecule has 3 rings (SSSR count). The molecule has 0 aliphatic heterocycles. The molecule has 0 amide bonds. The van der Waals surface area contributed by atoms with E-state index in [2.05, 4.69) is 21.6 Å². The lowest BCUT2D eigenvalue weighted by Crippen LogP contribution is -2.04. The molecule has 0 aliphatic carbocycles. The molecule has 23 heavy (non-hydrogen) atoms. The van der Waals surface area contributed by atoms with Gasteiger partial charge >= 0.3 is 0 Å². The van der Waals surface area contributed by atoms with Crippen LogP contribution in [0.1, 0.15) is 16.8 Å². The molecule has 0 saturated heterocycles. The second-order valence-electron chi connectivity index (χ2n) is 5.10. The van der Waals surface area contributed by atoms with Crippen LogP contribution in [-0.4, -0.2) is 15.0 Å². The Morgan fingerprint density at radius 1 is 1.22 bits per heavy atom. The highest BCUT2D eigenvalue weighted by molar-refractivity contribution is 5.50. The van der Waals surface area contributed by atoms with Gasteiger partial charge in [-0.1, -0.05) is 0 Å². The second kappa shape index (κ2) is 6.28. The normalized spacial score (nSPS) is 10.3. The fourth-order valence-electron chi connectivity index (χ4n) is 2.18. The number of halogens is 1. The number of aryl methyl sites for hydroxylation is 1. The van der Waals surface area contributed by atoms with E-state index < -0.39 is 0 Å². The zero-order valence-electron chi connectivity index (χ0n) is 12.5. The Labute approximate surface area is 133 Å². The summed E-state index contributed by atoms with van der Waals surface area (Å²) in [5, 5.41) is 20.6. The Bertz CT molecular complexity index is 861. The molecule has 0 bridgehead atoms. The zero-order valence-corrected chi connectivity index (χ0v) is 12.5. The zero-order chi connectivity index (χ0) is 16.2. The summed E-state index contributed by atoms with van der Waals surface area (Å²) in [5.74, 6) is -0.250. The van der Waals surface area contributed by atoms with E-state index in [0.29, 0.717) is 12.1 Å². The highest BCUT2D eigenvalue weighted by Crippen LogP contribution is 2.16. The number of nitrogens with zero attached hydrogens (tertiary/aromatic N) is 4. The topological polar surface area (TPSA) is 66.5 Å². The van der Waals surface area contributed by atoms with Crippen molar-refractivity contribution in [2.24, 2.45) is 0 Å². The smallest absolute Gasteiger partial charge is 0.123 e. The Morgan fingerprint density at radius 2 is 2.00 bits per heavy atom. The number of hydrogen-bond acceptors (Lipinski definition) is 4. The number of rotatable bonds is 4. The lowest BCUT2D eigenvalue weighted by molar-refractivity contribution is 0.627. The van der Waals surface area contributed by atoms with Gasteiger partial charge in [0.05, 0.1) is 30.1 Å². The number of aromatic nitrogens is 3. The van der Waals surface area contributed by atoms with Crippen LogP contribution in [0, 0.1) is 24.1 Å². The minimum atomic E-state index is -0.250. The predicted octanol–water partition coefficient (Wildman–Crippen LogP) is 3.20. The van der Waals surface area contributed by atoms with Gasteiger partial charge in [-0.2, -0.15) is 20.3 Å². The van der Waals surface area contributed by atoms with Gasteiger partial charge in [0, 0.05) is 5.69 Å². The number of anilines is 1. The third-order valence-electron chi connectivity index (χ3n) is 3.42. The number of benzene rings is 2. The summed E-state index contributed by atoms with van der Waals surface area (Å²) < 4.78 is 13.1. The molecule has 0 fully saturated rings. The van der Waals surface area contributed by atoms with Crippen molar-refractivity contribution in [3.63, 3.8) is 0 Å². The summed E-state index contributed by atoms with van der Waals surface area (Å²) in [5.41, 5.74) is 3.84. The molecule has 114 valence electrons. The third-order valence-corrected chi connectivity index (χ3v) is 3.42. The van der Waals surface area contributed by atoms with E-state index >= 15 is 0 Å². The molecule has 1 heterocycles. The molecule has 5 nitrogen and oxygen atoms in total. The molecular weight excluding hydrogens is 293 g/mol. The van der Waals surface area contributed by atoms with E-state index in [1.165, 1.54) is 16.9 Å². The molecule has 3 aromatic rings. The molecule has 6 heteroatoms. The molecule has 0 unspecified atom stereocenters. The maximum absolute atomic E-state index is 13.1. The average Bonchev–Trinajstić information content (AvgIpc) is 3.03. The van der Waals surface area contributed by atoms with Crippen molar-refractivity contribution in [1.29, 1.82) is 5.26 Å². The van der Waals surface area contributed by atoms with E-state index in [1.54, 1.807) is 36.5 Å². The van der Waals surface area contributed by atoms with Crippen molar-refractivity contribution < 1.29 is 4.39 Å². The highest BCUT2D eigenvalue weighted by atomic mass is 19.1. The van der Waals surface area contributed by atoms with E-state index in [1.807, 2.05) is 6.92 Å². The fraction of sp³-hybridized carbons (Fsp3) is 0.118. The molecule has 0 aliphatic rings. The summed E-state index contributed by atoms with van der Waals surface area (Å²) in [6.07, 6.45) is 1.67. The van der Waals surface area contributed by atoms with Gasteiger partial charge < -0.3 is 5.32 Å². The maximum atomic E-state index is 13.1. The van der Waals surface area contributed by atoms with Gasteiger partial charge in [0.1, 0.15) is 11.5 Å². The Morgan fingerprint density at radius 3 is 2.70 bits per heavy atom. The van der Waals surface area contributed by atoms with E-state index in [4.69, 9.17) is 5.26 Å². The van der Waals surface area contributed by atoms with E-state index in [9.17, 15) is 4.39 Å². The second-order valence-corrected chi connectivity index (χ2v) is 5.10. The van der Waals surface area contributed by atoms with Crippen LogP contribution in [0.15, 0.2) is 48.7 Å². The van der Waals surface area contributed by atoms with Crippen molar-refractivity contribution >= 4 is 5.69 Å². The molecular formula is C17H14FN5. The van der Waals surface area contributed by atoms with Gasteiger partial charge in [-0.25, -0.2) is 4.39 Å². The monoisotopic (exact) mass is 307 g/mol. The van der Waals surface area contributed by atoms with Gasteiger partial charge in [-0.3, -0.25) is 0 Å². The number of nitrogens with one attached hydrogen (secondary N) is 1. The molecule has 1 aromatic heterocycles. The van der Waals surface area contributed by atoms with Crippen LogP contribution in [0.2, 0.25) is 0 Å². The van der Waals surface area contributed by atoms with Crippen molar-refractivity contribution in [3.05, 3.63) is 71.3 Å². The first kappa shape index (κ1) is 14.7. The molecule has 0 atom stereocenters. The lowest BCUT2D eigenvalue weighted by atomic mass is 10.2. The first-order valence-electron chi connectivity index (χ1n) is 7.07. The van der Waals surface area contributed by atoms with Crippen LogP contribution < -0.4 is 5.32 Å². The van der Waals surface area contributed by atoms with Gasteiger partial charge in [0.2, 0.25) is 0 Å². The third kappa shape index (κ3) is 3.35. The summed E-state index contributed by atoms with van der Waals surface area (Å²) in [6, 6.07) is 13.7. The SMILES string of the molecule is Cc1cc(F)ccc1NCc1cnn(-c2ccc(C#N)cc2)n1. The van der Waals surface area contributed by atoms with Crippen molar-refractivity contribution in [1.82, 2.24) is 15.0 Å². The summed E-state index contributed by atoms with van der Waals surface area (Å²) in [7, 11) is 0. The molecule has 0 saturated carbocycles. The van der Waals surface area contributed by atoms with Crippen LogP contribution in [0.25, 0.3) is 5.69 Å². The molecule has 2 aromatic carbocycles. The first-order chi connectivity index (χ1) is 11.2. The maximum Gasteiger partial charge on any atom is 0.123 e. The van der Waals surface area contributed by atoms with E-state index in [0.717, 1.165) is 22.6 Å².